The van der Waals surface area contributed by atoms with Crippen molar-refractivity contribution in [2.24, 2.45) is 55.7 Å². The highest BCUT2D eigenvalue weighted by Gasteiger charge is 2.72. The minimum atomic E-state index is -0.653. The van der Waals surface area contributed by atoms with E-state index >= 15 is 4.79 Å². The number of ether oxygens (including phenoxy) is 1. The first-order chi connectivity index (χ1) is 21.3. The van der Waals surface area contributed by atoms with E-state index in [0.29, 0.717) is 5.05 Å². The Hall–Kier alpha value is -2.06. The second-order valence-electron chi connectivity index (χ2n) is 19.7. The fraction of sp³-hybridized carbons (Fsp3) is 0.762. The van der Waals surface area contributed by atoms with Gasteiger partial charge in [0.05, 0.1) is 5.57 Å². The maximum atomic E-state index is 15.0. The van der Waals surface area contributed by atoms with Crippen LogP contribution in [0.15, 0.2) is 35.5 Å². The summed E-state index contributed by atoms with van der Waals surface area (Å²) in [5, 5.41) is 10.6. The normalized spacial score (nSPS) is 41.1. The lowest BCUT2D eigenvalue weighted by atomic mass is 9.30. The topological polar surface area (TPSA) is 67.2 Å². The van der Waals surface area contributed by atoms with Crippen LogP contribution in [-0.2, 0) is 14.3 Å². The van der Waals surface area contributed by atoms with Crippen LogP contribution in [0.2, 0.25) is 0 Å². The summed E-state index contributed by atoms with van der Waals surface area (Å²) in [4.78, 5) is 28.4. The lowest BCUT2D eigenvalue weighted by Crippen LogP contribution is -2.68. The molecule has 47 heavy (non-hydrogen) atoms. The van der Waals surface area contributed by atoms with Gasteiger partial charge in [-0.25, -0.2) is 0 Å². The van der Waals surface area contributed by atoms with E-state index in [1.807, 2.05) is 46.8 Å². The second-order valence-corrected chi connectivity index (χ2v) is 20.1. The molecule has 0 bridgehead atoms. The number of nitrogens with zero attached hydrogens (tertiary/aromatic N) is 1. The largest absolute Gasteiger partial charge is 0.478 e. The van der Waals surface area contributed by atoms with E-state index in [0.717, 1.165) is 56.9 Å². The van der Waals surface area contributed by atoms with Gasteiger partial charge in [-0.3, -0.25) is 9.59 Å². The highest BCUT2D eigenvalue weighted by molar-refractivity contribution is 7.80. The molecule has 5 rings (SSSR count). The van der Waals surface area contributed by atoms with Crippen molar-refractivity contribution in [1.82, 2.24) is 0 Å². The standard InChI is InChI=1S/C42H61NO3S/c1-26(27(2)34(47)46-35(3,4)5)14-17-42-20-18-36(6,7)25-41(42,13)32-29(44)22-31-38(10)23-28(24-43)33(45)37(8,9)30(38)15-16-39(31,11)40(32,12)19-21-42/h22-23,26,30,32H,2,14-21,25H2,1,3-13H3/t26?,30?,32-,38-,39+,40+,41-,42+/m0/s1. The Balaban J connectivity index is 1.57. The number of hydrogen-bond donors (Lipinski definition) is 0. The molecule has 0 aromatic heterocycles. The van der Waals surface area contributed by atoms with Crippen LogP contribution in [0.25, 0.3) is 0 Å². The summed E-state index contributed by atoms with van der Waals surface area (Å²) in [6, 6.07) is 2.24. The van der Waals surface area contributed by atoms with Crippen LogP contribution in [0.5, 0.6) is 0 Å². The Morgan fingerprint density at radius 3 is 2.23 bits per heavy atom. The zero-order valence-electron chi connectivity index (χ0n) is 31.5. The molecule has 0 heterocycles. The highest BCUT2D eigenvalue weighted by atomic mass is 32.1. The first kappa shape index (κ1) is 36.2. The van der Waals surface area contributed by atoms with Crippen molar-refractivity contribution in [3.8, 4) is 6.07 Å². The first-order valence-corrected chi connectivity index (χ1v) is 18.6. The molecule has 0 radical (unpaired) electrons. The number of rotatable bonds is 5. The van der Waals surface area contributed by atoms with Gasteiger partial charge in [-0.15, -0.1) is 0 Å². The van der Waals surface area contributed by atoms with Crippen LogP contribution in [0.1, 0.15) is 141 Å². The van der Waals surface area contributed by atoms with Crippen LogP contribution in [0, 0.1) is 67.0 Å². The number of fused-ring (bicyclic) bond motifs is 7. The Bertz CT molecular complexity index is 1520. The molecule has 0 spiro atoms. The molecule has 0 saturated heterocycles. The predicted octanol–water partition coefficient (Wildman–Crippen LogP) is 10.7. The third kappa shape index (κ3) is 5.20. The zero-order chi connectivity index (χ0) is 35.4. The lowest BCUT2D eigenvalue weighted by Gasteiger charge is -2.72. The number of hydrogen-bond acceptors (Lipinski definition) is 5. The summed E-state index contributed by atoms with van der Waals surface area (Å²) >= 11 is 5.68. The van der Waals surface area contributed by atoms with Gasteiger partial charge in [0.1, 0.15) is 11.7 Å². The van der Waals surface area contributed by atoms with E-state index in [4.69, 9.17) is 17.0 Å². The molecule has 258 valence electrons. The molecule has 0 aliphatic heterocycles. The van der Waals surface area contributed by atoms with Gasteiger partial charge >= 0.3 is 0 Å². The average molecular weight is 660 g/mol. The zero-order valence-corrected chi connectivity index (χ0v) is 32.4. The average Bonchev–Trinajstić information content (AvgIpc) is 2.93. The molecule has 4 nitrogen and oxygen atoms in total. The van der Waals surface area contributed by atoms with Gasteiger partial charge in [-0.2, -0.15) is 5.26 Å². The van der Waals surface area contributed by atoms with E-state index in [1.165, 1.54) is 12.0 Å². The minimum Gasteiger partial charge on any atom is -0.478 e. The van der Waals surface area contributed by atoms with Crippen molar-refractivity contribution in [2.75, 3.05) is 0 Å². The Morgan fingerprint density at radius 2 is 1.64 bits per heavy atom. The summed E-state index contributed by atoms with van der Waals surface area (Å²) in [6.07, 6.45) is 13.3. The molecule has 3 saturated carbocycles. The van der Waals surface area contributed by atoms with Gasteiger partial charge in [0.2, 0.25) is 0 Å². The molecule has 0 aromatic rings. The van der Waals surface area contributed by atoms with Gasteiger partial charge < -0.3 is 4.74 Å². The first-order valence-electron chi connectivity index (χ1n) is 18.2. The number of allylic oxidation sites excluding steroid dienone is 4. The Morgan fingerprint density at radius 1 is 1.02 bits per heavy atom. The van der Waals surface area contributed by atoms with Crippen LogP contribution in [0.3, 0.4) is 0 Å². The van der Waals surface area contributed by atoms with E-state index in [9.17, 15) is 10.1 Å². The fourth-order valence-electron chi connectivity index (χ4n) is 12.3. The van der Waals surface area contributed by atoms with E-state index < -0.39 is 10.8 Å². The lowest BCUT2D eigenvalue weighted by molar-refractivity contribution is -0.209. The third-order valence-corrected chi connectivity index (χ3v) is 15.3. The maximum Gasteiger partial charge on any atom is 0.187 e. The molecule has 0 amide bonds. The molecule has 5 heteroatoms. The van der Waals surface area contributed by atoms with Crippen LogP contribution in [0.4, 0.5) is 0 Å². The maximum absolute atomic E-state index is 15.0. The van der Waals surface area contributed by atoms with E-state index in [-0.39, 0.29) is 67.6 Å². The molecule has 8 atom stereocenters. The van der Waals surface area contributed by atoms with Gasteiger partial charge in [0, 0.05) is 22.3 Å². The van der Waals surface area contributed by atoms with E-state index in [1.54, 1.807) is 0 Å². The van der Waals surface area contributed by atoms with Crippen molar-refractivity contribution in [1.29, 1.82) is 5.26 Å². The summed E-state index contributed by atoms with van der Waals surface area (Å²) in [5.74, 6) is 0.386. The molecule has 5 aliphatic rings. The van der Waals surface area contributed by atoms with Crippen LogP contribution in [-0.4, -0.2) is 22.2 Å². The third-order valence-electron chi connectivity index (χ3n) is 15.0. The van der Waals surface area contributed by atoms with Gasteiger partial charge in [-0.1, -0.05) is 80.5 Å². The molecule has 2 unspecified atom stereocenters. The van der Waals surface area contributed by atoms with Crippen molar-refractivity contribution < 1.29 is 14.3 Å². The number of nitriles is 1. The number of carbonyl (C=O) groups excluding carboxylic acids is 2. The van der Waals surface area contributed by atoms with Crippen molar-refractivity contribution in [3.05, 3.63) is 35.5 Å². The second kappa shape index (κ2) is 11.0. The molecular formula is C42H61NO3S. The summed E-state index contributed by atoms with van der Waals surface area (Å²) in [5.41, 5.74) is 0.421. The van der Waals surface area contributed by atoms with Crippen molar-refractivity contribution in [3.63, 3.8) is 0 Å². The number of ketones is 2. The summed E-state index contributed by atoms with van der Waals surface area (Å²) in [7, 11) is 0. The molecule has 3 fully saturated rings. The minimum absolute atomic E-state index is 0.0549. The van der Waals surface area contributed by atoms with Gasteiger partial charge in [0.25, 0.3) is 0 Å². The quantitative estimate of drug-likeness (QED) is 0.217. The predicted molar refractivity (Wildman–Crippen MR) is 194 cm³/mol. The fourth-order valence-corrected chi connectivity index (χ4v) is 12.7. The Kier molecular flexibility index (Phi) is 8.46. The van der Waals surface area contributed by atoms with Crippen LogP contribution < -0.4 is 0 Å². The van der Waals surface area contributed by atoms with Gasteiger partial charge in [0.15, 0.2) is 16.6 Å². The molecule has 5 aliphatic carbocycles. The Labute approximate surface area is 291 Å². The van der Waals surface area contributed by atoms with Crippen molar-refractivity contribution in [2.45, 2.75) is 146 Å². The smallest absolute Gasteiger partial charge is 0.187 e. The highest BCUT2D eigenvalue weighted by Crippen LogP contribution is 2.78. The molecule has 0 N–H and O–H groups in total. The van der Waals surface area contributed by atoms with Crippen LogP contribution >= 0.6 is 12.2 Å². The monoisotopic (exact) mass is 659 g/mol. The summed E-state index contributed by atoms with van der Waals surface area (Å²) in [6.45, 7) is 31.1. The number of carbonyl (C=O) groups is 2. The molecule has 0 aromatic carbocycles. The van der Waals surface area contributed by atoms with Crippen molar-refractivity contribution >= 4 is 28.8 Å². The number of Topliss-reactive ketones (excluding diaryl/α,β-unsaturated/α-hetero) is 1. The van der Waals surface area contributed by atoms with E-state index in [2.05, 4.69) is 61.1 Å². The SMILES string of the molecule is C=C(C(=S)OC(C)(C)C)C(C)CC[C@]12CCC(C)(C)C[C@@]1(C)[C@H]1C(=O)C=C3[C@@]4(C)C=C(C#N)C(=O)C(C)(C)C4CC[C@@]3(C)[C@]1(C)CC2. The molecular weight excluding hydrogens is 599 g/mol. The number of thiocarbonyl (C=S) groups is 1. The van der Waals surface area contributed by atoms with Gasteiger partial charge in [-0.05, 0) is 136 Å². The summed E-state index contributed by atoms with van der Waals surface area (Å²) < 4.78 is 6.04.